The predicted molar refractivity (Wildman–Crippen MR) is 58.3 cm³/mol. The van der Waals surface area contributed by atoms with Crippen LogP contribution >= 0.6 is 27.5 Å². The van der Waals surface area contributed by atoms with Gasteiger partial charge in [-0.25, -0.2) is 0 Å². The van der Waals surface area contributed by atoms with Crippen LogP contribution in [0.1, 0.15) is 12.5 Å². The Morgan fingerprint density at radius 1 is 1.46 bits per heavy atom. The Kier molecular flexibility index (Phi) is 2.35. The Balaban J connectivity index is 2.82. The molecule has 2 aromatic rings. The third-order valence-electron chi connectivity index (χ3n) is 2.05. The van der Waals surface area contributed by atoms with Crippen LogP contribution in [0.25, 0.3) is 11.0 Å². The molecule has 0 spiro atoms. The van der Waals surface area contributed by atoms with Gasteiger partial charge in [-0.15, -0.1) is 0 Å². The second kappa shape index (κ2) is 3.35. The van der Waals surface area contributed by atoms with Gasteiger partial charge in [-0.2, -0.15) is 0 Å². The lowest BCUT2D eigenvalue weighted by Crippen LogP contribution is -1.76. The van der Waals surface area contributed by atoms with E-state index < -0.39 is 0 Å². The highest BCUT2D eigenvalue weighted by Gasteiger charge is 2.08. The van der Waals surface area contributed by atoms with Crippen molar-refractivity contribution in [2.45, 2.75) is 13.3 Å². The summed E-state index contributed by atoms with van der Waals surface area (Å²) in [5, 5.41) is 1.76. The molecule has 0 aliphatic heterocycles. The monoisotopic (exact) mass is 258 g/mol. The highest BCUT2D eigenvalue weighted by Crippen LogP contribution is 2.31. The van der Waals surface area contributed by atoms with Crippen LogP contribution in [0.15, 0.2) is 27.3 Å². The molecule has 0 fully saturated rings. The van der Waals surface area contributed by atoms with Crippen molar-refractivity contribution in [1.29, 1.82) is 0 Å². The van der Waals surface area contributed by atoms with Gasteiger partial charge in [0.2, 0.25) is 0 Å². The average Bonchev–Trinajstić information content (AvgIpc) is 2.47. The second-order valence-corrected chi connectivity index (χ2v) is 4.20. The Morgan fingerprint density at radius 2 is 2.23 bits per heavy atom. The first-order chi connectivity index (χ1) is 6.22. The van der Waals surface area contributed by atoms with Gasteiger partial charge in [0, 0.05) is 9.86 Å². The molecule has 1 nitrogen and oxygen atoms in total. The molecule has 0 amide bonds. The summed E-state index contributed by atoms with van der Waals surface area (Å²) in [6, 6.07) is 3.87. The molecule has 0 aliphatic carbocycles. The van der Waals surface area contributed by atoms with E-state index in [1.165, 1.54) is 5.56 Å². The Hall–Kier alpha value is -0.470. The van der Waals surface area contributed by atoms with Crippen molar-refractivity contribution in [3.63, 3.8) is 0 Å². The summed E-state index contributed by atoms with van der Waals surface area (Å²) < 4.78 is 6.36. The average molecular weight is 260 g/mol. The molecular weight excluding hydrogens is 251 g/mol. The summed E-state index contributed by atoms with van der Waals surface area (Å²) in [6.45, 7) is 2.10. The summed E-state index contributed by atoms with van der Waals surface area (Å²) in [6.07, 6.45) is 2.72. The SMILES string of the molecule is CCc1coc2c(Cl)cc(Br)cc12. The van der Waals surface area contributed by atoms with E-state index >= 15 is 0 Å². The molecule has 0 bridgehead atoms. The minimum absolute atomic E-state index is 0.657. The zero-order valence-corrected chi connectivity index (χ0v) is 9.45. The van der Waals surface area contributed by atoms with E-state index in [1.54, 1.807) is 6.26 Å². The molecular formula is C10H8BrClO. The van der Waals surface area contributed by atoms with E-state index in [2.05, 4.69) is 22.9 Å². The highest BCUT2D eigenvalue weighted by atomic mass is 79.9. The van der Waals surface area contributed by atoms with Crippen molar-refractivity contribution < 1.29 is 4.42 Å². The van der Waals surface area contributed by atoms with E-state index in [9.17, 15) is 0 Å². The van der Waals surface area contributed by atoms with Gasteiger partial charge in [0.1, 0.15) is 0 Å². The van der Waals surface area contributed by atoms with Crippen molar-refractivity contribution in [2.75, 3.05) is 0 Å². The summed E-state index contributed by atoms with van der Waals surface area (Å²) in [4.78, 5) is 0. The van der Waals surface area contributed by atoms with Gasteiger partial charge in [-0.05, 0) is 24.1 Å². The van der Waals surface area contributed by atoms with Gasteiger partial charge in [0.05, 0.1) is 11.3 Å². The maximum Gasteiger partial charge on any atom is 0.152 e. The smallest absolute Gasteiger partial charge is 0.152 e. The maximum atomic E-state index is 6.01. The molecule has 3 heteroatoms. The summed E-state index contributed by atoms with van der Waals surface area (Å²) in [5.41, 5.74) is 1.97. The molecule has 0 saturated carbocycles. The quantitative estimate of drug-likeness (QED) is 0.739. The number of hydrogen-bond acceptors (Lipinski definition) is 1. The second-order valence-electron chi connectivity index (χ2n) is 2.88. The van der Waals surface area contributed by atoms with Crippen molar-refractivity contribution in [2.24, 2.45) is 0 Å². The Morgan fingerprint density at radius 3 is 2.92 bits per heavy atom. The van der Waals surface area contributed by atoms with Gasteiger partial charge >= 0.3 is 0 Å². The van der Waals surface area contributed by atoms with Gasteiger partial charge < -0.3 is 4.42 Å². The fourth-order valence-electron chi connectivity index (χ4n) is 1.39. The molecule has 2 rings (SSSR count). The molecule has 0 atom stereocenters. The van der Waals surface area contributed by atoms with Gasteiger partial charge in [-0.1, -0.05) is 34.5 Å². The standard InChI is InChI=1S/C10H8BrClO/c1-2-6-5-13-10-8(6)3-7(11)4-9(10)12/h3-5H,2H2,1H3. The minimum atomic E-state index is 0.657. The number of aryl methyl sites for hydroxylation is 1. The zero-order valence-electron chi connectivity index (χ0n) is 7.10. The number of rotatable bonds is 1. The lowest BCUT2D eigenvalue weighted by atomic mass is 10.1. The lowest BCUT2D eigenvalue weighted by Gasteiger charge is -1.95. The van der Waals surface area contributed by atoms with Crippen LogP contribution in [0.4, 0.5) is 0 Å². The zero-order chi connectivity index (χ0) is 9.42. The highest BCUT2D eigenvalue weighted by molar-refractivity contribution is 9.10. The van der Waals surface area contributed by atoms with Crippen LogP contribution in [0, 0.1) is 0 Å². The Bertz CT molecular complexity index is 447. The van der Waals surface area contributed by atoms with E-state index in [0.717, 1.165) is 21.9 Å². The van der Waals surface area contributed by atoms with Gasteiger partial charge in [0.25, 0.3) is 0 Å². The molecule has 13 heavy (non-hydrogen) atoms. The van der Waals surface area contributed by atoms with Crippen LogP contribution in [0.5, 0.6) is 0 Å². The molecule has 0 aliphatic rings. The molecule has 1 aromatic heterocycles. The van der Waals surface area contributed by atoms with Crippen LogP contribution < -0.4 is 0 Å². The first-order valence-corrected chi connectivity index (χ1v) is 5.24. The van der Waals surface area contributed by atoms with Crippen LogP contribution in [-0.2, 0) is 6.42 Å². The molecule has 0 radical (unpaired) electrons. The molecule has 1 aromatic carbocycles. The van der Waals surface area contributed by atoms with Gasteiger partial charge in [-0.3, -0.25) is 0 Å². The first kappa shape index (κ1) is 9.10. The summed E-state index contributed by atoms with van der Waals surface area (Å²) in [7, 11) is 0. The number of halogens is 2. The Labute approximate surface area is 89.8 Å². The molecule has 0 unspecified atom stereocenters. The first-order valence-electron chi connectivity index (χ1n) is 4.07. The topological polar surface area (TPSA) is 13.1 Å². The third-order valence-corrected chi connectivity index (χ3v) is 2.79. The third kappa shape index (κ3) is 1.49. The van der Waals surface area contributed by atoms with E-state index in [1.807, 2.05) is 12.1 Å². The van der Waals surface area contributed by atoms with E-state index in [0.29, 0.717) is 5.02 Å². The number of benzene rings is 1. The summed E-state index contributed by atoms with van der Waals surface area (Å²) in [5.74, 6) is 0. The summed E-state index contributed by atoms with van der Waals surface area (Å²) >= 11 is 9.41. The van der Waals surface area contributed by atoms with Crippen molar-refractivity contribution in [3.8, 4) is 0 Å². The van der Waals surface area contributed by atoms with Crippen molar-refractivity contribution in [3.05, 3.63) is 33.5 Å². The fourth-order valence-corrected chi connectivity index (χ4v) is 2.24. The molecule has 0 N–H and O–H groups in total. The maximum absolute atomic E-state index is 6.01. The van der Waals surface area contributed by atoms with E-state index in [-0.39, 0.29) is 0 Å². The van der Waals surface area contributed by atoms with E-state index in [4.69, 9.17) is 16.0 Å². The minimum Gasteiger partial charge on any atom is -0.462 e. The van der Waals surface area contributed by atoms with Gasteiger partial charge in [0.15, 0.2) is 5.58 Å². The van der Waals surface area contributed by atoms with Crippen LogP contribution in [0.3, 0.4) is 0 Å². The predicted octanol–water partition coefficient (Wildman–Crippen LogP) is 4.41. The number of furan rings is 1. The fraction of sp³-hybridized carbons (Fsp3) is 0.200. The van der Waals surface area contributed by atoms with Crippen LogP contribution in [-0.4, -0.2) is 0 Å². The number of hydrogen-bond donors (Lipinski definition) is 0. The van der Waals surface area contributed by atoms with Crippen LogP contribution in [0.2, 0.25) is 5.02 Å². The number of fused-ring (bicyclic) bond motifs is 1. The molecule has 0 saturated heterocycles. The molecule has 68 valence electrons. The van der Waals surface area contributed by atoms with Crippen molar-refractivity contribution in [1.82, 2.24) is 0 Å². The lowest BCUT2D eigenvalue weighted by molar-refractivity contribution is 0.611. The van der Waals surface area contributed by atoms with Crippen molar-refractivity contribution >= 4 is 38.5 Å². The normalized spacial score (nSPS) is 11.0. The largest absolute Gasteiger partial charge is 0.462 e. The molecule has 1 heterocycles.